The van der Waals surface area contributed by atoms with E-state index in [0.29, 0.717) is 5.75 Å². The molecule has 0 fully saturated rings. The lowest BCUT2D eigenvalue weighted by molar-refractivity contribution is -0.385. The second kappa shape index (κ2) is 4.95. The molecular formula is C9H10BrNO3. The van der Waals surface area contributed by atoms with Gasteiger partial charge in [0.25, 0.3) is 0 Å². The van der Waals surface area contributed by atoms with Crippen molar-refractivity contribution in [2.45, 2.75) is 6.42 Å². The lowest BCUT2D eigenvalue weighted by atomic mass is 10.1. The van der Waals surface area contributed by atoms with Crippen molar-refractivity contribution < 1.29 is 9.66 Å². The molecule has 0 spiro atoms. The Morgan fingerprint density at radius 2 is 2.29 bits per heavy atom. The molecule has 0 bridgehead atoms. The molecule has 0 aliphatic rings. The van der Waals surface area contributed by atoms with Crippen LogP contribution in [0.3, 0.4) is 0 Å². The van der Waals surface area contributed by atoms with E-state index in [0.717, 1.165) is 17.3 Å². The van der Waals surface area contributed by atoms with E-state index in [2.05, 4.69) is 15.9 Å². The van der Waals surface area contributed by atoms with Gasteiger partial charge >= 0.3 is 5.69 Å². The van der Waals surface area contributed by atoms with Gasteiger partial charge in [0.15, 0.2) is 5.75 Å². The highest BCUT2D eigenvalue weighted by atomic mass is 79.9. The van der Waals surface area contributed by atoms with E-state index in [-0.39, 0.29) is 5.69 Å². The molecule has 1 rings (SSSR count). The van der Waals surface area contributed by atoms with Crippen molar-refractivity contribution in [2.24, 2.45) is 0 Å². The standard InChI is InChI=1S/C9H10BrNO3/c1-14-9-3-2-7(4-5-10)6-8(9)11(12)13/h2-3,6H,4-5H2,1H3. The fraction of sp³-hybridized carbons (Fsp3) is 0.333. The lowest BCUT2D eigenvalue weighted by Crippen LogP contribution is -1.95. The monoisotopic (exact) mass is 259 g/mol. The minimum atomic E-state index is -0.434. The van der Waals surface area contributed by atoms with Gasteiger partial charge in [-0.3, -0.25) is 10.1 Å². The molecule has 1 aromatic carbocycles. The van der Waals surface area contributed by atoms with Crippen LogP contribution >= 0.6 is 15.9 Å². The minimum absolute atomic E-state index is 0.0194. The molecule has 0 aliphatic carbocycles. The van der Waals surface area contributed by atoms with Crippen LogP contribution in [-0.4, -0.2) is 17.4 Å². The molecule has 0 unspecified atom stereocenters. The summed E-state index contributed by atoms with van der Waals surface area (Å²) in [5, 5.41) is 11.4. The number of benzene rings is 1. The maximum absolute atomic E-state index is 10.7. The number of hydrogen-bond acceptors (Lipinski definition) is 3. The molecule has 14 heavy (non-hydrogen) atoms. The molecule has 76 valence electrons. The molecule has 0 aromatic heterocycles. The molecule has 0 atom stereocenters. The maximum atomic E-state index is 10.7. The van der Waals surface area contributed by atoms with Crippen molar-refractivity contribution in [3.05, 3.63) is 33.9 Å². The van der Waals surface area contributed by atoms with Crippen molar-refractivity contribution in [1.82, 2.24) is 0 Å². The van der Waals surface area contributed by atoms with Crippen LogP contribution in [0.4, 0.5) is 5.69 Å². The zero-order valence-electron chi connectivity index (χ0n) is 7.70. The van der Waals surface area contributed by atoms with Crippen LogP contribution < -0.4 is 4.74 Å². The molecular weight excluding hydrogens is 250 g/mol. The predicted octanol–water partition coefficient (Wildman–Crippen LogP) is 2.54. The molecule has 0 aliphatic heterocycles. The van der Waals surface area contributed by atoms with Gasteiger partial charge in [0.05, 0.1) is 12.0 Å². The highest BCUT2D eigenvalue weighted by molar-refractivity contribution is 9.09. The number of nitro groups is 1. The quantitative estimate of drug-likeness (QED) is 0.475. The molecule has 5 heteroatoms. The first kappa shape index (κ1) is 11.0. The second-order valence-corrected chi connectivity index (χ2v) is 3.50. The Balaban J connectivity index is 3.07. The number of aryl methyl sites for hydroxylation is 1. The molecule has 0 amide bonds. The fourth-order valence-corrected chi connectivity index (χ4v) is 1.60. The Morgan fingerprint density at radius 3 is 2.79 bits per heavy atom. The Morgan fingerprint density at radius 1 is 1.57 bits per heavy atom. The van der Waals surface area contributed by atoms with Gasteiger partial charge in [-0.2, -0.15) is 0 Å². The first-order valence-corrected chi connectivity index (χ1v) is 5.18. The van der Waals surface area contributed by atoms with Crippen LogP contribution in [0.25, 0.3) is 0 Å². The van der Waals surface area contributed by atoms with Crippen LogP contribution in [0.2, 0.25) is 0 Å². The molecule has 0 saturated carbocycles. The zero-order chi connectivity index (χ0) is 10.6. The van der Waals surface area contributed by atoms with Crippen LogP contribution in [0, 0.1) is 10.1 Å². The smallest absolute Gasteiger partial charge is 0.311 e. The number of halogens is 1. The first-order chi connectivity index (χ1) is 6.69. The SMILES string of the molecule is COc1ccc(CCBr)cc1[N+](=O)[O-]. The molecule has 0 radical (unpaired) electrons. The number of methoxy groups -OCH3 is 1. The van der Waals surface area contributed by atoms with Gasteiger partial charge in [-0.05, 0) is 18.1 Å². The average molecular weight is 260 g/mol. The summed E-state index contributed by atoms with van der Waals surface area (Å²) in [5.74, 6) is 0.299. The number of rotatable bonds is 4. The minimum Gasteiger partial charge on any atom is -0.490 e. The van der Waals surface area contributed by atoms with Gasteiger partial charge in [-0.25, -0.2) is 0 Å². The zero-order valence-corrected chi connectivity index (χ0v) is 9.28. The van der Waals surface area contributed by atoms with E-state index in [4.69, 9.17) is 4.74 Å². The number of alkyl halides is 1. The van der Waals surface area contributed by atoms with Gasteiger partial charge in [0.1, 0.15) is 0 Å². The average Bonchev–Trinajstić information content (AvgIpc) is 2.18. The van der Waals surface area contributed by atoms with E-state index < -0.39 is 4.92 Å². The fourth-order valence-electron chi connectivity index (χ4n) is 1.14. The summed E-state index contributed by atoms with van der Waals surface area (Å²) in [6, 6.07) is 4.99. The normalized spacial score (nSPS) is 9.86. The highest BCUT2D eigenvalue weighted by Gasteiger charge is 2.14. The van der Waals surface area contributed by atoms with Crippen molar-refractivity contribution in [2.75, 3.05) is 12.4 Å². The molecule has 0 heterocycles. The number of ether oxygens (including phenoxy) is 1. The third kappa shape index (κ3) is 2.45. The van der Waals surface area contributed by atoms with E-state index in [1.165, 1.54) is 7.11 Å². The van der Waals surface area contributed by atoms with Gasteiger partial charge in [0, 0.05) is 11.4 Å². The van der Waals surface area contributed by atoms with Crippen molar-refractivity contribution >= 4 is 21.6 Å². The van der Waals surface area contributed by atoms with Gasteiger partial charge in [0.2, 0.25) is 0 Å². The van der Waals surface area contributed by atoms with Crippen molar-refractivity contribution in [3.63, 3.8) is 0 Å². The summed E-state index contributed by atoms with van der Waals surface area (Å²) in [5.41, 5.74) is 0.945. The van der Waals surface area contributed by atoms with Crippen LogP contribution in [0.15, 0.2) is 18.2 Å². The molecule has 0 saturated heterocycles. The first-order valence-electron chi connectivity index (χ1n) is 4.06. The highest BCUT2D eigenvalue weighted by Crippen LogP contribution is 2.27. The van der Waals surface area contributed by atoms with Gasteiger partial charge in [-0.15, -0.1) is 0 Å². The van der Waals surface area contributed by atoms with Crippen LogP contribution in [0.1, 0.15) is 5.56 Å². The van der Waals surface area contributed by atoms with Gasteiger partial charge < -0.3 is 4.74 Å². The summed E-state index contributed by atoms with van der Waals surface area (Å²) in [6.45, 7) is 0. The number of hydrogen-bond donors (Lipinski definition) is 0. The van der Waals surface area contributed by atoms with Crippen molar-refractivity contribution in [3.8, 4) is 5.75 Å². The van der Waals surface area contributed by atoms with Crippen LogP contribution in [-0.2, 0) is 6.42 Å². The Hall–Kier alpha value is -1.10. The lowest BCUT2D eigenvalue weighted by Gasteiger charge is -2.03. The van der Waals surface area contributed by atoms with E-state index in [1.54, 1.807) is 12.1 Å². The summed E-state index contributed by atoms with van der Waals surface area (Å²) < 4.78 is 4.89. The van der Waals surface area contributed by atoms with Crippen LogP contribution in [0.5, 0.6) is 5.75 Å². The molecule has 1 aromatic rings. The maximum Gasteiger partial charge on any atom is 0.311 e. The second-order valence-electron chi connectivity index (χ2n) is 2.70. The van der Waals surface area contributed by atoms with E-state index >= 15 is 0 Å². The predicted molar refractivity (Wildman–Crippen MR) is 57.1 cm³/mol. The third-order valence-corrected chi connectivity index (χ3v) is 2.22. The Kier molecular flexibility index (Phi) is 3.88. The number of nitro benzene ring substituents is 1. The number of nitrogens with zero attached hydrogens (tertiary/aromatic N) is 1. The van der Waals surface area contributed by atoms with Gasteiger partial charge in [-0.1, -0.05) is 22.0 Å². The van der Waals surface area contributed by atoms with Crippen molar-refractivity contribution in [1.29, 1.82) is 0 Å². The topological polar surface area (TPSA) is 52.4 Å². The van der Waals surface area contributed by atoms with E-state index in [9.17, 15) is 10.1 Å². The Labute approximate surface area is 90.2 Å². The third-order valence-electron chi connectivity index (χ3n) is 1.82. The van der Waals surface area contributed by atoms with E-state index in [1.807, 2.05) is 6.07 Å². The summed E-state index contributed by atoms with van der Waals surface area (Å²) in [4.78, 5) is 10.2. The molecule has 0 N–H and O–H groups in total. The summed E-state index contributed by atoms with van der Waals surface area (Å²) >= 11 is 3.28. The summed E-state index contributed by atoms with van der Waals surface area (Å²) in [6.07, 6.45) is 0.769. The largest absolute Gasteiger partial charge is 0.490 e. The Bertz CT molecular complexity index is 341. The summed E-state index contributed by atoms with van der Waals surface area (Å²) in [7, 11) is 1.42. The molecule has 4 nitrogen and oxygen atoms in total.